The van der Waals surface area contributed by atoms with Crippen LogP contribution < -0.4 is 19.7 Å². The van der Waals surface area contributed by atoms with Gasteiger partial charge in [0.1, 0.15) is 25.8 Å². The van der Waals surface area contributed by atoms with Crippen LogP contribution in [0.2, 0.25) is 0 Å². The van der Waals surface area contributed by atoms with Crippen molar-refractivity contribution >= 4 is 29.1 Å². The molecule has 0 radical (unpaired) electrons. The molecule has 8 heteroatoms. The molecule has 0 unspecified atom stereocenters. The lowest BCUT2D eigenvalue weighted by atomic mass is 10.1. The number of hydrogen-bond donors (Lipinski definition) is 1. The van der Waals surface area contributed by atoms with Crippen LogP contribution in [0.5, 0.6) is 11.5 Å². The van der Waals surface area contributed by atoms with Gasteiger partial charge < -0.3 is 24.6 Å². The summed E-state index contributed by atoms with van der Waals surface area (Å²) >= 11 is 0. The maximum Gasteiger partial charge on any atom is 0.256 e. The summed E-state index contributed by atoms with van der Waals surface area (Å²) in [5.74, 6) is 0.478. The van der Waals surface area contributed by atoms with Gasteiger partial charge in [0, 0.05) is 18.3 Å². The predicted octanol–water partition coefficient (Wildman–Crippen LogP) is 2.05. The molecule has 1 saturated heterocycles. The number of para-hydroxylation sites is 1. The third kappa shape index (κ3) is 3.14. The first-order chi connectivity index (χ1) is 14.6. The molecule has 1 fully saturated rings. The van der Waals surface area contributed by atoms with Crippen molar-refractivity contribution in [3.63, 3.8) is 0 Å². The van der Waals surface area contributed by atoms with Crippen molar-refractivity contribution in [2.45, 2.75) is 18.9 Å². The molecular formula is C22H21N3O5. The van der Waals surface area contributed by atoms with E-state index in [2.05, 4.69) is 5.32 Å². The molecule has 1 atom stereocenters. The SMILES string of the molecule is O=C(CN1C(=O)[C@H]2CCCN2C(=O)c2ccccc21)Nc1ccc2c(c1)OCCO2. The van der Waals surface area contributed by atoms with E-state index in [9.17, 15) is 14.4 Å². The minimum absolute atomic E-state index is 0.156. The summed E-state index contributed by atoms with van der Waals surface area (Å²) in [5, 5.41) is 2.82. The summed E-state index contributed by atoms with van der Waals surface area (Å²) in [4.78, 5) is 42.0. The van der Waals surface area contributed by atoms with Crippen molar-refractivity contribution in [1.82, 2.24) is 4.90 Å². The van der Waals surface area contributed by atoms with Crippen molar-refractivity contribution in [1.29, 1.82) is 0 Å². The summed E-state index contributed by atoms with van der Waals surface area (Å²) in [6, 6.07) is 11.6. The van der Waals surface area contributed by atoms with Gasteiger partial charge in [-0.1, -0.05) is 12.1 Å². The van der Waals surface area contributed by atoms with Crippen molar-refractivity contribution in [3.8, 4) is 11.5 Å². The molecule has 0 aromatic heterocycles. The molecule has 8 nitrogen and oxygen atoms in total. The molecule has 3 aliphatic rings. The molecule has 3 amide bonds. The normalized spacial score (nSPS) is 19.8. The Balaban J connectivity index is 1.40. The fourth-order valence-corrected chi connectivity index (χ4v) is 4.24. The molecule has 3 heterocycles. The van der Waals surface area contributed by atoms with E-state index in [0.29, 0.717) is 54.6 Å². The second-order valence-corrected chi connectivity index (χ2v) is 7.50. The summed E-state index contributed by atoms with van der Waals surface area (Å²) < 4.78 is 11.0. The molecule has 0 saturated carbocycles. The van der Waals surface area contributed by atoms with Gasteiger partial charge in [-0.25, -0.2) is 0 Å². The van der Waals surface area contributed by atoms with Gasteiger partial charge in [-0.2, -0.15) is 0 Å². The Morgan fingerprint density at radius 2 is 1.87 bits per heavy atom. The number of anilines is 2. The lowest BCUT2D eigenvalue weighted by molar-refractivity contribution is -0.124. The van der Waals surface area contributed by atoms with Crippen molar-refractivity contribution < 1.29 is 23.9 Å². The van der Waals surface area contributed by atoms with Crippen LogP contribution in [-0.4, -0.2) is 55.0 Å². The molecule has 3 aliphatic heterocycles. The molecule has 1 N–H and O–H groups in total. The first-order valence-electron chi connectivity index (χ1n) is 10.0. The minimum atomic E-state index is -0.521. The standard InChI is InChI=1S/C22H21N3O5/c26-20(23-14-7-8-18-19(12-14)30-11-10-29-18)13-25-16-5-2-1-4-15(16)21(27)24-9-3-6-17(24)22(25)28/h1-2,4-5,7-8,12,17H,3,6,9-11,13H2,(H,23,26)/t17-/m1/s1. The average Bonchev–Trinajstić information content (AvgIpc) is 3.24. The summed E-state index contributed by atoms with van der Waals surface area (Å²) in [5.41, 5.74) is 1.47. The Kier molecular flexibility index (Phi) is 4.54. The summed E-state index contributed by atoms with van der Waals surface area (Å²) in [7, 11) is 0. The van der Waals surface area contributed by atoms with Gasteiger partial charge in [-0.3, -0.25) is 14.4 Å². The topological polar surface area (TPSA) is 88.2 Å². The van der Waals surface area contributed by atoms with E-state index in [1.807, 2.05) is 0 Å². The maximum atomic E-state index is 13.2. The number of amides is 3. The van der Waals surface area contributed by atoms with E-state index < -0.39 is 6.04 Å². The van der Waals surface area contributed by atoms with E-state index in [1.165, 1.54) is 4.90 Å². The van der Waals surface area contributed by atoms with Crippen LogP contribution in [0.25, 0.3) is 0 Å². The molecule has 0 spiro atoms. The van der Waals surface area contributed by atoms with E-state index in [0.717, 1.165) is 6.42 Å². The number of hydrogen-bond acceptors (Lipinski definition) is 5. The number of nitrogens with one attached hydrogen (secondary N) is 1. The number of ether oxygens (including phenoxy) is 2. The molecule has 2 aromatic rings. The van der Waals surface area contributed by atoms with Crippen LogP contribution >= 0.6 is 0 Å². The number of rotatable bonds is 3. The van der Waals surface area contributed by atoms with Gasteiger partial charge in [0.25, 0.3) is 5.91 Å². The van der Waals surface area contributed by atoms with Crippen LogP contribution in [0.3, 0.4) is 0 Å². The van der Waals surface area contributed by atoms with Gasteiger partial charge in [-0.05, 0) is 37.1 Å². The fourth-order valence-electron chi connectivity index (χ4n) is 4.24. The van der Waals surface area contributed by atoms with Crippen molar-refractivity contribution in [2.24, 2.45) is 0 Å². The van der Waals surface area contributed by atoms with Crippen LogP contribution in [0.15, 0.2) is 42.5 Å². The number of carbonyl (C=O) groups excluding carboxylic acids is 3. The second kappa shape index (κ2) is 7.37. The third-order valence-electron chi connectivity index (χ3n) is 5.62. The molecule has 2 aromatic carbocycles. The van der Waals surface area contributed by atoms with E-state index in [4.69, 9.17) is 9.47 Å². The van der Waals surface area contributed by atoms with Crippen LogP contribution in [0, 0.1) is 0 Å². The quantitative estimate of drug-likeness (QED) is 0.841. The first-order valence-corrected chi connectivity index (χ1v) is 10.0. The molecular weight excluding hydrogens is 386 g/mol. The molecule has 30 heavy (non-hydrogen) atoms. The van der Waals surface area contributed by atoms with Gasteiger partial charge in [0.05, 0.1) is 11.3 Å². The van der Waals surface area contributed by atoms with Crippen LogP contribution in [0.4, 0.5) is 11.4 Å². The summed E-state index contributed by atoms with van der Waals surface area (Å²) in [6.45, 7) is 1.32. The van der Waals surface area contributed by atoms with E-state index >= 15 is 0 Å². The number of carbonyl (C=O) groups is 3. The summed E-state index contributed by atoms with van der Waals surface area (Å²) in [6.07, 6.45) is 1.39. The highest BCUT2D eigenvalue weighted by atomic mass is 16.6. The minimum Gasteiger partial charge on any atom is -0.486 e. The fraction of sp³-hybridized carbons (Fsp3) is 0.318. The van der Waals surface area contributed by atoms with E-state index in [-0.39, 0.29) is 24.3 Å². The lowest BCUT2D eigenvalue weighted by Crippen LogP contribution is -2.47. The van der Waals surface area contributed by atoms with Crippen molar-refractivity contribution in [3.05, 3.63) is 48.0 Å². The van der Waals surface area contributed by atoms with Crippen LogP contribution in [0.1, 0.15) is 23.2 Å². The zero-order valence-electron chi connectivity index (χ0n) is 16.3. The Morgan fingerprint density at radius 3 is 2.73 bits per heavy atom. The molecule has 0 aliphatic carbocycles. The van der Waals surface area contributed by atoms with Gasteiger partial charge in [0.2, 0.25) is 11.8 Å². The van der Waals surface area contributed by atoms with E-state index in [1.54, 1.807) is 47.4 Å². The third-order valence-corrected chi connectivity index (χ3v) is 5.62. The zero-order valence-corrected chi connectivity index (χ0v) is 16.3. The average molecular weight is 407 g/mol. The Labute approximate surface area is 173 Å². The first kappa shape index (κ1) is 18.5. The maximum absolute atomic E-state index is 13.2. The predicted molar refractivity (Wildman–Crippen MR) is 109 cm³/mol. The highest BCUT2D eigenvalue weighted by Gasteiger charge is 2.42. The largest absolute Gasteiger partial charge is 0.486 e. The van der Waals surface area contributed by atoms with Gasteiger partial charge in [0.15, 0.2) is 11.5 Å². The number of nitrogens with zero attached hydrogens (tertiary/aromatic N) is 2. The number of fused-ring (bicyclic) bond motifs is 3. The molecule has 5 rings (SSSR count). The Hall–Kier alpha value is -3.55. The highest BCUT2D eigenvalue weighted by molar-refractivity contribution is 6.13. The second-order valence-electron chi connectivity index (χ2n) is 7.50. The number of benzene rings is 2. The van der Waals surface area contributed by atoms with Crippen LogP contribution in [-0.2, 0) is 9.59 Å². The zero-order chi connectivity index (χ0) is 20.7. The molecule has 154 valence electrons. The highest BCUT2D eigenvalue weighted by Crippen LogP contribution is 2.34. The Bertz CT molecular complexity index is 1040. The molecule has 0 bridgehead atoms. The smallest absolute Gasteiger partial charge is 0.256 e. The lowest BCUT2D eigenvalue weighted by Gasteiger charge is -2.25. The monoisotopic (exact) mass is 407 g/mol. The van der Waals surface area contributed by atoms with Gasteiger partial charge in [-0.15, -0.1) is 0 Å². The van der Waals surface area contributed by atoms with Gasteiger partial charge >= 0.3 is 0 Å². The van der Waals surface area contributed by atoms with Crippen molar-refractivity contribution in [2.75, 3.05) is 36.5 Å². The Morgan fingerprint density at radius 1 is 1.07 bits per heavy atom.